The minimum Gasteiger partial charge on any atom is -0.488 e. The second-order valence-electron chi connectivity index (χ2n) is 22.9. The van der Waals surface area contributed by atoms with Crippen LogP contribution in [-0.2, 0) is 23.6 Å². The SMILES string of the molecule is C.CC1(C)C[C@H](Nc2nc(Cl)ncc2F)C[C@@H]2CCCN21.Cn1nnn(-c2cc(N)ccc2OC2CCOCC2)c1=O.Cn1nnn(-c2cc(Nc3ncc(F)c(N[C@@H]4C[C@@H]5CCCN5C(C)(C)C4)n3)ccc2OC2CCOCC2)c1=O. The van der Waals surface area contributed by atoms with Crippen LogP contribution < -0.4 is 42.5 Å². The first-order valence-corrected chi connectivity index (χ1v) is 28.3. The van der Waals surface area contributed by atoms with Gasteiger partial charge in [-0.15, -0.1) is 0 Å². The molecule has 5 N–H and O–H groups in total. The van der Waals surface area contributed by atoms with Gasteiger partial charge in [-0.3, -0.25) is 9.80 Å². The molecule has 0 saturated carbocycles. The number of nitrogens with one attached hydrogen (secondary N) is 3. The Morgan fingerprint density at radius 2 is 1.13 bits per heavy atom. The van der Waals surface area contributed by atoms with Crippen molar-refractivity contribution in [1.29, 1.82) is 0 Å². The van der Waals surface area contributed by atoms with Gasteiger partial charge >= 0.3 is 11.4 Å². The molecule has 6 aliphatic rings. The van der Waals surface area contributed by atoms with Gasteiger partial charge in [-0.2, -0.15) is 28.7 Å². The summed E-state index contributed by atoms with van der Waals surface area (Å²) >= 11 is 5.74. The van der Waals surface area contributed by atoms with E-state index in [1.807, 2.05) is 0 Å². The molecule has 12 rings (SSSR count). The van der Waals surface area contributed by atoms with Gasteiger partial charge < -0.3 is 40.6 Å². The van der Waals surface area contributed by atoms with Crippen LogP contribution in [0.25, 0.3) is 11.4 Å². The number of benzene rings is 2. The third-order valence-corrected chi connectivity index (χ3v) is 16.3. The van der Waals surface area contributed by atoms with Crippen LogP contribution in [0.2, 0.25) is 5.28 Å². The fraction of sp³-hybridized carbons (Fsp3) is 0.600. The van der Waals surface area contributed by atoms with Crippen molar-refractivity contribution in [2.45, 2.75) is 160 Å². The maximum Gasteiger partial charge on any atom is 0.368 e. The van der Waals surface area contributed by atoms with Crippen molar-refractivity contribution in [3.63, 3.8) is 0 Å². The molecule has 10 heterocycles. The normalized spacial score (nSPS) is 22.5. The van der Waals surface area contributed by atoms with Crippen LogP contribution in [0.1, 0.15) is 112 Å². The van der Waals surface area contributed by atoms with E-state index in [9.17, 15) is 18.4 Å². The average molecular weight is 1160 g/mol. The summed E-state index contributed by atoms with van der Waals surface area (Å²) in [5.74, 6) is 0.760. The fourth-order valence-electron chi connectivity index (χ4n) is 12.3. The summed E-state index contributed by atoms with van der Waals surface area (Å²) < 4.78 is 56.2. The first-order valence-electron chi connectivity index (χ1n) is 27.9. The van der Waals surface area contributed by atoms with Crippen LogP contribution in [0.3, 0.4) is 0 Å². The van der Waals surface area contributed by atoms with Crippen molar-refractivity contribution >= 4 is 40.6 Å². The molecule has 0 unspecified atom stereocenters. The lowest BCUT2D eigenvalue weighted by molar-refractivity contribution is 0.0253. The van der Waals surface area contributed by atoms with E-state index >= 15 is 0 Å². The molecule has 82 heavy (non-hydrogen) atoms. The lowest BCUT2D eigenvalue weighted by Crippen LogP contribution is -2.55. The Morgan fingerprint density at radius 3 is 1.63 bits per heavy atom. The Kier molecular flexibility index (Phi) is 18.7. The lowest BCUT2D eigenvalue weighted by Gasteiger charge is -2.47. The molecular weight excluding hydrogens is 1080 g/mol. The molecule has 24 nitrogen and oxygen atoms in total. The Bertz CT molecular complexity index is 3250. The van der Waals surface area contributed by atoms with Crippen LogP contribution in [0, 0.1) is 11.6 Å². The predicted octanol–water partition coefficient (Wildman–Crippen LogP) is 6.84. The maximum atomic E-state index is 14.8. The Morgan fingerprint density at radius 1 is 0.659 bits per heavy atom. The van der Waals surface area contributed by atoms with Gasteiger partial charge in [0, 0.05) is 86.4 Å². The molecule has 0 aliphatic carbocycles. The number of rotatable bonds is 12. The Hall–Kier alpha value is -6.87. The second-order valence-corrected chi connectivity index (χ2v) is 23.2. The number of halogens is 3. The lowest BCUT2D eigenvalue weighted by atomic mass is 9.84. The number of aromatic nitrogens is 12. The van der Waals surface area contributed by atoms with E-state index < -0.39 is 17.3 Å². The van der Waals surface area contributed by atoms with Crippen molar-refractivity contribution in [2.24, 2.45) is 14.1 Å². The average Bonchev–Trinajstić information content (AvgIpc) is 4.46. The molecular formula is C55H77ClF2N18O6. The number of hydrogen-bond donors (Lipinski definition) is 4. The Balaban J connectivity index is 0.000000162. The molecule has 6 saturated heterocycles. The van der Waals surface area contributed by atoms with Crippen molar-refractivity contribution in [3.8, 4) is 22.9 Å². The monoisotopic (exact) mass is 1160 g/mol. The van der Waals surface area contributed by atoms with Crippen molar-refractivity contribution in [1.82, 2.24) is 69.3 Å². The molecule has 4 atom stereocenters. The molecule has 0 radical (unpaired) electrons. The molecule has 6 fully saturated rings. The first kappa shape index (κ1) is 59.7. The molecule has 0 bridgehead atoms. The highest BCUT2D eigenvalue weighted by Crippen LogP contribution is 2.40. The summed E-state index contributed by atoms with van der Waals surface area (Å²) in [5, 5.41) is 25.2. The van der Waals surface area contributed by atoms with Crippen LogP contribution >= 0.6 is 11.6 Å². The number of piperidine rings is 2. The van der Waals surface area contributed by atoms with Crippen molar-refractivity contribution in [2.75, 3.05) is 61.2 Å². The van der Waals surface area contributed by atoms with E-state index in [2.05, 4.69) is 94.2 Å². The second kappa shape index (κ2) is 25.7. The topological polar surface area (TPSA) is 262 Å². The minimum atomic E-state index is -0.496. The largest absolute Gasteiger partial charge is 0.488 e. The molecule has 6 aliphatic heterocycles. The zero-order valence-corrected chi connectivity index (χ0v) is 47.5. The standard InChI is InChI=1S/C27H36FN9O3.C14H20ClFN4.C13H17N5O3.CH4/c1-27(2)15-18(13-19-5-4-10-36(19)27)30-24-21(28)16-29-25(32-24)31-17-6-7-23(40-20-8-11-39-12-9-20)22(14-17)37-26(38)35(3)33-34-37;1-14(2)7-9(6-10-4-3-5-20(10)14)18-12-11(16)8-17-13(15)19-12;1-17-13(19)18(16-15-17)11-8-9(14)2-3-12(11)21-10-4-6-20-7-5-10;/h6-7,14,16,18-20H,4-5,8-13,15H2,1-3H3,(H2,29,30,31,32);8-10H,3-7H2,1-2H3,(H,17,18,19);2-3,8,10H,4-7,14H2,1H3;1H4/t18-,19+;9-,10+;;/m11../s1. The van der Waals surface area contributed by atoms with Crippen molar-refractivity contribution in [3.05, 3.63) is 86.7 Å². The van der Waals surface area contributed by atoms with E-state index in [0.29, 0.717) is 72.8 Å². The summed E-state index contributed by atoms with van der Waals surface area (Å²) in [5.41, 5.74) is 7.29. The number of anilines is 5. The predicted molar refractivity (Wildman–Crippen MR) is 306 cm³/mol. The number of tetrazole rings is 2. The quantitative estimate of drug-likeness (QED) is 0.0722. The molecule has 6 aromatic rings. The zero-order valence-electron chi connectivity index (χ0n) is 46.7. The van der Waals surface area contributed by atoms with Gasteiger partial charge in [-0.05, 0) is 161 Å². The van der Waals surface area contributed by atoms with Crippen LogP contribution in [-0.4, -0.2) is 156 Å². The van der Waals surface area contributed by atoms with E-state index in [1.165, 1.54) is 61.9 Å². The van der Waals surface area contributed by atoms with Crippen LogP contribution in [0.5, 0.6) is 11.5 Å². The number of ether oxygens (including phenoxy) is 4. The van der Waals surface area contributed by atoms with E-state index in [-0.39, 0.29) is 71.4 Å². The molecule has 4 aromatic heterocycles. The van der Waals surface area contributed by atoms with Gasteiger partial charge in [0.1, 0.15) is 35.1 Å². The number of hydrogen-bond acceptors (Lipinski definition) is 20. The third-order valence-electron chi connectivity index (χ3n) is 16.1. The van der Waals surface area contributed by atoms with E-state index in [4.69, 9.17) is 36.3 Å². The van der Waals surface area contributed by atoms with Crippen molar-refractivity contribution < 1.29 is 27.7 Å². The Labute approximate surface area is 480 Å². The fourth-order valence-corrected chi connectivity index (χ4v) is 12.4. The number of nitrogen functional groups attached to an aromatic ring is 1. The van der Waals surface area contributed by atoms with Gasteiger partial charge in [0.2, 0.25) is 11.2 Å². The van der Waals surface area contributed by atoms with E-state index in [0.717, 1.165) is 73.5 Å². The summed E-state index contributed by atoms with van der Waals surface area (Å²) in [4.78, 5) is 46.1. The molecule has 444 valence electrons. The first-order chi connectivity index (χ1) is 38.9. The van der Waals surface area contributed by atoms with Crippen LogP contribution in [0.4, 0.5) is 37.7 Å². The number of nitrogens with two attached hydrogens (primary N) is 1. The highest BCUT2D eigenvalue weighted by Gasteiger charge is 2.44. The highest BCUT2D eigenvalue weighted by atomic mass is 35.5. The molecule has 27 heteroatoms. The van der Waals surface area contributed by atoms with Gasteiger partial charge in [-0.1, -0.05) is 7.43 Å². The summed E-state index contributed by atoms with van der Waals surface area (Å²) in [6, 6.07) is 11.9. The van der Waals surface area contributed by atoms with Gasteiger partial charge in [-0.25, -0.2) is 28.3 Å². The summed E-state index contributed by atoms with van der Waals surface area (Å²) in [7, 11) is 3.07. The maximum absolute atomic E-state index is 14.8. The smallest absolute Gasteiger partial charge is 0.368 e. The highest BCUT2D eigenvalue weighted by molar-refractivity contribution is 6.28. The van der Waals surface area contributed by atoms with Gasteiger partial charge in [0.05, 0.1) is 38.8 Å². The van der Waals surface area contributed by atoms with Gasteiger partial charge in [0.15, 0.2) is 23.3 Å². The van der Waals surface area contributed by atoms with Gasteiger partial charge in [0.25, 0.3) is 0 Å². The summed E-state index contributed by atoms with van der Waals surface area (Å²) in [6.45, 7) is 14.0. The number of aryl methyl sites for hydroxylation is 2. The molecule has 0 amide bonds. The number of fused-ring (bicyclic) bond motifs is 2. The molecule has 2 aromatic carbocycles. The minimum absolute atomic E-state index is 0. The summed E-state index contributed by atoms with van der Waals surface area (Å²) in [6.07, 6.45) is 14.2. The number of nitrogens with zero attached hydrogens (tertiary/aromatic N) is 14. The third kappa shape index (κ3) is 14.0. The van der Waals surface area contributed by atoms with Crippen LogP contribution in [0.15, 0.2) is 58.4 Å². The zero-order chi connectivity index (χ0) is 57.0. The van der Waals surface area contributed by atoms with E-state index in [1.54, 1.807) is 36.4 Å². The molecule has 0 spiro atoms.